The van der Waals surface area contributed by atoms with Crippen molar-refractivity contribution in [2.24, 2.45) is 0 Å². The molecule has 1 fully saturated rings. The molecular weight excluding hydrogens is 1140 g/mol. The van der Waals surface area contributed by atoms with Gasteiger partial charge in [-0.05, 0) is 42.3 Å². The van der Waals surface area contributed by atoms with Crippen LogP contribution in [0.5, 0.6) is 0 Å². The molecule has 6 atom stereocenters. The number of H-pyrrole nitrogens is 1. The lowest BCUT2D eigenvalue weighted by Crippen LogP contribution is -2.42. The molecule has 4 aromatic rings. The highest BCUT2D eigenvalue weighted by atomic mass is 32.2. The summed E-state index contributed by atoms with van der Waals surface area (Å²) in [6.07, 6.45) is -7.63. The van der Waals surface area contributed by atoms with Gasteiger partial charge < -0.3 is 65.6 Å². The predicted molar refractivity (Wildman–Crippen MR) is 260 cm³/mol. The van der Waals surface area contributed by atoms with E-state index in [1.807, 2.05) is 0 Å². The molecule has 2 unspecified atom stereocenters. The Morgan fingerprint density at radius 3 is 2.30 bits per heavy atom. The minimum Gasteiger partial charge on any atom is -0.453 e. The van der Waals surface area contributed by atoms with Gasteiger partial charge in [0.15, 0.2) is 44.6 Å². The Kier molecular flexibility index (Phi) is 16.6. The summed E-state index contributed by atoms with van der Waals surface area (Å²) in [5.74, 6) is -2.30. The van der Waals surface area contributed by atoms with Gasteiger partial charge in [-0.2, -0.15) is 26.1 Å². The van der Waals surface area contributed by atoms with Gasteiger partial charge in [0.2, 0.25) is 11.9 Å². The number of amides is 3. The van der Waals surface area contributed by atoms with Gasteiger partial charge >= 0.3 is 29.4 Å². The molecule has 16 N–H and O–H groups in total. The number of alkyl carbamates (subject to hydrolysis) is 1. The third kappa shape index (κ3) is 13.2. The van der Waals surface area contributed by atoms with Gasteiger partial charge in [0.1, 0.15) is 12.2 Å². The van der Waals surface area contributed by atoms with Crippen LogP contribution in [0.3, 0.4) is 0 Å². The number of rotatable bonds is 20. The van der Waals surface area contributed by atoms with Crippen LogP contribution in [0.1, 0.15) is 29.4 Å². The Labute approximate surface area is 431 Å². The lowest BCUT2D eigenvalue weighted by atomic mass is 9.90. The second kappa shape index (κ2) is 22.1. The van der Waals surface area contributed by atoms with Gasteiger partial charge in [-0.25, -0.2) is 23.5 Å². The summed E-state index contributed by atoms with van der Waals surface area (Å²) in [6, 6.07) is 10.5. The number of phosphoric ester groups is 1. The molecule has 2 aromatic heterocycles. The second-order valence-electron chi connectivity index (χ2n) is 16.5. The zero-order chi connectivity index (χ0) is 56.7. The number of fused-ring (bicyclic) bond motifs is 3. The normalized spacial score (nSPS) is 18.7. The van der Waals surface area contributed by atoms with Gasteiger partial charge in [-0.3, -0.25) is 43.0 Å². The lowest BCUT2D eigenvalue weighted by molar-refractivity contribution is -0.121. The molecule has 0 spiro atoms. The molecule has 2 aliphatic heterocycles. The molecule has 0 saturated carbocycles. The zero-order valence-corrected chi connectivity index (χ0v) is 43.3. The number of nitrogens with one attached hydrogen (secondary N) is 5. The Hall–Kier alpha value is -6.56. The van der Waals surface area contributed by atoms with Crippen LogP contribution in [0, 0.1) is 5.41 Å². The van der Waals surface area contributed by atoms with Crippen molar-refractivity contribution < 1.29 is 101 Å². The van der Waals surface area contributed by atoms with Crippen molar-refractivity contribution >= 4 is 95.2 Å². The average Bonchev–Trinajstić information content (AvgIpc) is 3.86. The highest BCUT2D eigenvalue weighted by Crippen LogP contribution is 2.61. The van der Waals surface area contributed by atoms with Gasteiger partial charge in [0.25, 0.3) is 31.7 Å². The van der Waals surface area contributed by atoms with E-state index in [0.29, 0.717) is 0 Å². The first-order valence-electron chi connectivity index (χ1n) is 21.6. The van der Waals surface area contributed by atoms with Crippen molar-refractivity contribution in [3.05, 3.63) is 76.1 Å². The molecule has 0 bridgehead atoms. The minimum absolute atomic E-state index is 0.0134. The summed E-state index contributed by atoms with van der Waals surface area (Å²) in [5.41, 5.74) is 8.99. The SMILES string of the molecule is CN(CCCC(=O)NCCNC(=O)O[C@H]1[C@@H](O)[C@H](n2cnc3c(=O)[nH]c(N)nc32)O[C@@H]1COP(=O)(O)OP(=O)(O)NP(=O)(O)O)C(=O)c1ccccc1-c1c2ccc(=N)c(S(=O)(=O)O)c-2oc2c(S(=O)(=O)O)c(N)ccc12. The summed E-state index contributed by atoms with van der Waals surface area (Å²) in [5, 5.41) is 23.5. The quantitative estimate of drug-likeness (QED) is 0.0154. The first-order chi connectivity index (χ1) is 35.8. The number of aromatic nitrogens is 4. The van der Waals surface area contributed by atoms with Crippen LogP contribution in [0.25, 0.3) is 44.6 Å². The van der Waals surface area contributed by atoms with Gasteiger partial charge in [-0.1, -0.05) is 18.2 Å². The number of carbonyl (C=O) groups excluding carboxylic acids is 3. The van der Waals surface area contributed by atoms with Crippen molar-refractivity contribution in [2.45, 2.75) is 47.2 Å². The van der Waals surface area contributed by atoms with Crippen molar-refractivity contribution in [3.8, 4) is 22.5 Å². The number of phosphoric acid groups is 1. The summed E-state index contributed by atoms with van der Waals surface area (Å²) in [6.45, 7) is -1.80. The second-order valence-corrected chi connectivity index (χ2v) is 24.0. The topological polar surface area (TPSA) is 541 Å². The molecule has 4 heterocycles. The smallest absolute Gasteiger partial charge is 0.453 e. The summed E-state index contributed by atoms with van der Waals surface area (Å²) in [4.78, 5) is 100.0. The minimum atomic E-state index is -5.72. The van der Waals surface area contributed by atoms with Crippen LogP contribution in [-0.4, -0.2) is 145 Å². The van der Waals surface area contributed by atoms with E-state index < -0.39 is 130 Å². The molecule has 0 radical (unpaired) electrons. The number of aromatic amines is 1. The van der Waals surface area contributed by atoms with E-state index >= 15 is 0 Å². The molecule has 3 amide bonds. The van der Waals surface area contributed by atoms with Crippen LogP contribution in [0.15, 0.2) is 73.9 Å². The maximum Gasteiger partial charge on any atom is 0.480 e. The number of carbonyl (C=O) groups is 3. The number of anilines is 2. The van der Waals surface area contributed by atoms with E-state index in [1.54, 1.807) is 0 Å². The Balaban J connectivity index is 0.988. The van der Waals surface area contributed by atoms with E-state index in [0.717, 1.165) is 27.9 Å². The molecule has 39 heteroatoms. The van der Waals surface area contributed by atoms with Crippen LogP contribution < -0.4 is 37.9 Å². The van der Waals surface area contributed by atoms with E-state index in [1.165, 1.54) is 48.3 Å². The third-order valence-electron chi connectivity index (χ3n) is 11.1. The molecule has 34 nitrogen and oxygen atoms in total. The first-order valence-corrected chi connectivity index (χ1v) is 29.1. The molecule has 416 valence electrons. The highest BCUT2D eigenvalue weighted by molar-refractivity contribution is 7.86. The van der Waals surface area contributed by atoms with E-state index in [2.05, 4.69) is 34.4 Å². The fourth-order valence-electron chi connectivity index (χ4n) is 7.96. The number of hydrogen-bond acceptors (Lipinski definition) is 22. The largest absolute Gasteiger partial charge is 0.480 e. The van der Waals surface area contributed by atoms with Gasteiger partial charge in [-0.15, -0.1) is 4.86 Å². The highest BCUT2D eigenvalue weighted by Gasteiger charge is 2.49. The fraction of sp³-hybridized carbons (Fsp3) is 0.289. The monoisotopic (exact) mass is 1180 g/mol. The maximum absolute atomic E-state index is 14.1. The van der Waals surface area contributed by atoms with E-state index in [4.69, 9.17) is 40.6 Å². The van der Waals surface area contributed by atoms with Crippen LogP contribution in [0.2, 0.25) is 0 Å². The number of nitrogens with zero attached hydrogens (tertiary/aromatic N) is 4. The summed E-state index contributed by atoms with van der Waals surface area (Å²) < 4.78 is 133. The number of ether oxygens (including phenoxy) is 2. The third-order valence-corrected chi connectivity index (χ3v) is 17.1. The Bertz CT molecular complexity index is 3820. The molecule has 3 aliphatic rings. The first kappa shape index (κ1) is 58.1. The lowest BCUT2D eigenvalue weighted by Gasteiger charge is -2.22. The predicted octanol–water partition coefficient (Wildman–Crippen LogP) is -0.287. The molecule has 1 aliphatic carbocycles. The van der Waals surface area contributed by atoms with Crippen molar-refractivity contribution in [2.75, 3.05) is 44.8 Å². The number of aliphatic hydroxyl groups is 1. The van der Waals surface area contributed by atoms with Crippen molar-refractivity contribution in [3.63, 3.8) is 0 Å². The maximum atomic E-state index is 14.1. The molecule has 77 heavy (non-hydrogen) atoms. The molecule has 1 saturated heterocycles. The van der Waals surface area contributed by atoms with E-state index in [-0.39, 0.29) is 77.2 Å². The van der Waals surface area contributed by atoms with E-state index in [9.17, 15) is 73.7 Å². The number of hydrogen-bond donors (Lipinski definition) is 14. The average molecular weight is 1180 g/mol. The fourth-order valence-corrected chi connectivity index (χ4v) is 12.9. The number of aliphatic hydroxyl groups excluding tert-OH is 1. The van der Waals surface area contributed by atoms with Crippen LogP contribution >= 0.6 is 23.3 Å². The van der Waals surface area contributed by atoms with Crippen LogP contribution in [-0.2, 0) is 57.0 Å². The number of nitrogens with two attached hydrogens (primary N) is 2. The van der Waals surface area contributed by atoms with Gasteiger partial charge in [0, 0.05) is 55.2 Å². The van der Waals surface area contributed by atoms with Crippen molar-refractivity contribution in [1.29, 1.82) is 5.41 Å². The summed E-state index contributed by atoms with van der Waals surface area (Å²) in [7, 11) is -25.9. The van der Waals surface area contributed by atoms with Crippen LogP contribution in [0.4, 0.5) is 16.4 Å². The Morgan fingerprint density at radius 1 is 0.948 bits per heavy atom. The molecule has 2 aromatic carbocycles. The number of nitrogen functional groups attached to an aromatic ring is 2. The van der Waals surface area contributed by atoms with Gasteiger partial charge in [0.05, 0.1) is 24.0 Å². The number of imidazole rings is 1. The summed E-state index contributed by atoms with van der Waals surface area (Å²) >= 11 is 0. The van der Waals surface area contributed by atoms with Crippen molar-refractivity contribution in [1.82, 2.24) is 39.9 Å². The molecule has 7 rings (SSSR count). The Morgan fingerprint density at radius 2 is 1.62 bits per heavy atom. The molecular formula is C38H44N11O23P3S2. The number of benzene rings is 3. The standard InChI is InChI=1S/C38H44N11O23P3S2/c1-48(35(53)18-6-3-2-5-17(18)25-19-8-10-21(39)31(76(62,63)64)28(19)70-29-20(25)9-11-22(40)32(29)77(65,66)67)14-4-7-24(50)42-12-13-43-38(54)71-30-23(15-68-75(60,61)72-74(58,59)47-73(55,56)57)69-36(27(30)51)49-16-44-26-33(49)45-37(41)46-34(26)52/h2-3,5-6,8-11,16,23,27,30,36,39,51H,4,7,12-15,40H2,1H3,(H,42,50)(H,43,54)(H,60,61)(H,62,63,64)(H,65,66,67)(H3,41,45,46,52)(H4,47,55,56,57,58,59)/t23-,27-,30-,36-/m1/s1. The zero-order valence-electron chi connectivity index (χ0n) is 39.0.